The number of alkyl halides is 3. The highest BCUT2D eigenvalue weighted by Gasteiger charge is 2.35. The maximum Gasteiger partial charge on any atom is 0.434 e. The summed E-state index contributed by atoms with van der Waals surface area (Å²) in [5.41, 5.74) is 0.00824. The lowest BCUT2D eigenvalue weighted by Gasteiger charge is -2.11. The van der Waals surface area contributed by atoms with Gasteiger partial charge in [0, 0.05) is 12.7 Å². The quantitative estimate of drug-likeness (QED) is 0.632. The van der Waals surface area contributed by atoms with Crippen LogP contribution in [-0.4, -0.2) is 9.55 Å². The van der Waals surface area contributed by atoms with Gasteiger partial charge in [-0.25, -0.2) is 4.98 Å². The predicted octanol–water partition coefficient (Wildman–Crippen LogP) is 2.71. The van der Waals surface area contributed by atoms with Crippen LogP contribution in [0.5, 0.6) is 0 Å². The second kappa shape index (κ2) is 2.87. The van der Waals surface area contributed by atoms with Crippen LogP contribution in [0.4, 0.5) is 13.2 Å². The molecule has 1 aromatic rings. The molecule has 0 unspecified atom stereocenters. The van der Waals surface area contributed by atoms with Crippen molar-refractivity contribution in [1.82, 2.24) is 9.55 Å². The molecule has 0 spiro atoms. The maximum atomic E-state index is 12.3. The van der Waals surface area contributed by atoms with Gasteiger partial charge in [0.15, 0.2) is 5.69 Å². The summed E-state index contributed by atoms with van der Waals surface area (Å²) in [6.07, 6.45) is -0.592. The smallest absolute Gasteiger partial charge is 0.330 e. The minimum Gasteiger partial charge on any atom is -0.330 e. The number of aryl methyl sites for hydroxylation is 1. The molecule has 2 nitrogen and oxygen atoms in total. The van der Waals surface area contributed by atoms with E-state index in [4.69, 9.17) is 0 Å². The van der Waals surface area contributed by atoms with Crippen molar-refractivity contribution < 1.29 is 13.2 Å². The van der Waals surface area contributed by atoms with E-state index in [2.05, 4.69) is 4.98 Å². The van der Waals surface area contributed by atoms with Crippen molar-refractivity contribution in [1.29, 1.82) is 0 Å². The molecule has 0 radical (unpaired) electrons. The lowest BCUT2D eigenvalue weighted by Crippen LogP contribution is -2.05. The van der Waals surface area contributed by atoms with Gasteiger partial charge < -0.3 is 4.57 Å². The minimum atomic E-state index is -4.34. The molecule has 5 heteroatoms. The van der Waals surface area contributed by atoms with E-state index in [1.54, 1.807) is 11.5 Å². The Morgan fingerprint density at radius 1 is 1.43 bits per heavy atom. The summed E-state index contributed by atoms with van der Waals surface area (Å²) < 4.78 is 38.5. The molecule has 14 heavy (non-hydrogen) atoms. The molecule has 1 aromatic heterocycles. The molecule has 2 heterocycles. The fourth-order valence-electron chi connectivity index (χ4n) is 1.55. The van der Waals surface area contributed by atoms with Gasteiger partial charge >= 0.3 is 6.18 Å². The molecule has 0 saturated heterocycles. The van der Waals surface area contributed by atoms with Crippen LogP contribution in [0.2, 0.25) is 0 Å². The lowest BCUT2D eigenvalue weighted by atomic mass is 10.2. The number of rotatable bonds is 0. The Hall–Kier alpha value is -1.26. The number of hydrogen-bond donors (Lipinski definition) is 0. The third-order valence-electron chi connectivity index (χ3n) is 2.24. The first-order valence-electron chi connectivity index (χ1n) is 4.30. The summed E-state index contributed by atoms with van der Waals surface area (Å²) in [6.45, 7) is 2.36. The molecular weight excluding hydrogens is 193 g/mol. The first-order chi connectivity index (χ1) is 6.48. The van der Waals surface area contributed by atoms with E-state index in [0.29, 0.717) is 12.4 Å². The molecule has 1 aliphatic heterocycles. The van der Waals surface area contributed by atoms with Crippen LogP contribution >= 0.6 is 0 Å². The fourth-order valence-corrected chi connectivity index (χ4v) is 1.55. The van der Waals surface area contributed by atoms with Gasteiger partial charge in [-0.15, -0.1) is 0 Å². The van der Waals surface area contributed by atoms with E-state index in [1.807, 2.05) is 6.08 Å². The van der Waals surface area contributed by atoms with Gasteiger partial charge in [0.05, 0.1) is 0 Å². The van der Waals surface area contributed by atoms with Gasteiger partial charge in [-0.3, -0.25) is 0 Å². The van der Waals surface area contributed by atoms with Gasteiger partial charge in [-0.1, -0.05) is 6.08 Å². The summed E-state index contributed by atoms with van der Waals surface area (Å²) in [5.74, 6) is 0.434. The van der Waals surface area contributed by atoms with Crippen LogP contribution in [-0.2, 0) is 12.7 Å². The van der Waals surface area contributed by atoms with E-state index >= 15 is 0 Å². The molecule has 0 amide bonds. The molecular formula is C9H9F3N2. The number of fused-ring (bicyclic) bond motifs is 1. The van der Waals surface area contributed by atoms with Crippen molar-refractivity contribution in [2.45, 2.75) is 26.1 Å². The molecule has 0 atom stereocenters. The zero-order valence-electron chi connectivity index (χ0n) is 7.60. The Morgan fingerprint density at radius 3 is 2.71 bits per heavy atom. The Kier molecular flexibility index (Phi) is 1.90. The van der Waals surface area contributed by atoms with Gasteiger partial charge in [-0.05, 0) is 18.9 Å². The van der Waals surface area contributed by atoms with E-state index in [9.17, 15) is 13.2 Å². The van der Waals surface area contributed by atoms with Crippen LogP contribution in [0.3, 0.4) is 0 Å². The molecule has 2 rings (SSSR count). The summed E-state index contributed by atoms with van der Waals surface area (Å²) in [5, 5.41) is 0. The maximum absolute atomic E-state index is 12.3. The third-order valence-corrected chi connectivity index (χ3v) is 2.24. The third kappa shape index (κ3) is 1.42. The van der Waals surface area contributed by atoms with Crippen LogP contribution in [0.1, 0.15) is 24.9 Å². The Bertz CT molecular complexity index is 387. The summed E-state index contributed by atoms with van der Waals surface area (Å²) in [7, 11) is 0. The first kappa shape index (κ1) is 9.30. The monoisotopic (exact) mass is 202 g/mol. The lowest BCUT2D eigenvalue weighted by molar-refractivity contribution is -0.141. The van der Waals surface area contributed by atoms with Gasteiger partial charge in [0.25, 0.3) is 0 Å². The van der Waals surface area contributed by atoms with Crippen LogP contribution in [0.25, 0.3) is 5.57 Å². The van der Waals surface area contributed by atoms with Crippen molar-refractivity contribution in [3.8, 4) is 0 Å². The largest absolute Gasteiger partial charge is 0.434 e. The van der Waals surface area contributed by atoms with Crippen LogP contribution < -0.4 is 0 Å². The molecule has 76 valence electrons. The van der Waals surface area contributed by atoms with Crippen molar-refractivity contribution in [2.75, 3.05) is 0 Å². The highest BCUT2D eigenvalue weighted by atomic mass is 19.4. The Balaban J connectivity index is 2.47. The molecule has 0 aromatic carbocycles. The van der Waals surface area contributed by atoms with E-state index in [-0.39, 0.29) is 0 Å². The van der Waals surface area contributed by atoms with Crippen LogP contribution in [0.15, 0.2) is 12.3 Å². The van der Waals surface area contributed by atoms with Gasteiger partial charge in [0.2, 0.25) is 0 Å². The number of aromatic nitrogens is 2. The molecule has 0 N–H and O–H groups in total. The standard InChI is InChI=1S/C9H9F3N2/c1-6-3-2-4-14-5-7(9(10,11)12)13-8(6)14/h3,5H,2,4H2,1H3. The average Bonchev–Trinajstić information content (AvgIpc) is 2.48. The highest BCUT2D eigenvalue weighted by molar-refractivity contribution is 5.59. The first-order valence-corrected chi connectivity index (χ1v) is 4.30. The molecule has 0 fully saturated rings. The number of imidazole rings is 1. The highest BCUT2D eigenvalue weighted by Crippen LogP contribution is 2.30. The van der Waals surface area contributed by atoms with Gasteiger partial charge in [0.1, 0.15) is 5.82 Å². The average molecular weight is 202 g/mol. The predicted molar refractivity (Wildman–Crippen MR) is 45.5 cm³/mol. The second-order valence-electron chi connectivity index (χ2n) is 3.32. The van der Waals surface area contributed by atoms with Crippen molar-refractivity contribution in [3.63, 3.8) is 0 Å². The number of hydrogen-bond acceptors (Lipinski definition) is 1. The second-order valence-corrected chi connectivity index (χ2v) is 3.32. The fraction of sp³-hybridized carbons (Fsp3) is 0.444. The van der Waals surface area contributed by atoms with Gasteiger partial charge in [-0.2, -0.15) is 13.2 Å². The minimum absolute atomic E-state index is 0.434. The Morgan fingerprint density at radius 2 is 2.14 bits per heavy atom. The van der Waals surface area contributed by atoms with Crippen molar-refractivity contribution >= 4 is 5.57 Å². The van der Waals surface area contributed by atoms with Crippen molar-refractivity contribution in [3.05, 3.63) is 23.8 Å². The summed E-state index contributed by atoms with van der Waals surface area (Å²) in [4.78, 5) is 3.57. The zero-order chi connectivity index (χ0) is 10.3. The Labute approximate surface area is 79.1 Å². The van der Waals surface area contributed by atoms with E-state index < -0.39 is 11.9 Å². The summed E-state index contributed by atoms with van der Waals surface area (Å²) >= 11 is 0. The number of nitrogens with zero attached hydrogens (tertiary/aromatic N) is 2. The summed E-state index contributed by atoms with van der Waals surface area (Å²) in [6, 6.07) is 0. The zero-order valence-corrected chi connectivity index (χ0v) is 7.60. The normalized spacial score (nSPS) is 16.4. The van der Waals surface area contributed by atoms with Crippen molar-refractivity contribution in [2.24, 2.45) is 0 Å². The van der Waals surface area contributed by atoms with Crippen LogP contribution in [0, 0.1) is 0 Å². The number of halogens is 3. The van der Waals surface area contributed by atoms with E-state index in [1.165, 1.54) is 0 Å². The molecule has 0 bridgehead atoms. The topological polar surface area (TPSA) is 17.8 Å². The molecule has 0 aliphatic carbocycles. The number of allylic oxidation sites excluding steroid dienone is 2. The molecule has 1 aliphatic rings. The SMILES string of the molecule is CC1=CCCn2cc(C(F)(F)F)nc21. The molecule has 0 saturated carbocycles. The van der Waals surface area contributed by atoms with E-state index in [0.717, 1.165) is 18.2 Å².